The van der Waals surface area contributed by atoms with E-state index in [1.54, 1.807) is 7.11 Å². The summed E-state index contributed by atoms with van der Waals surface area (Å²) >= 11 is 0. The third-order valence-electron chi connectivity index (χ3n) is 4.17. The van der Waals surface area contributed by atoms with E-state index < -0.39 is 0 Å². The molecule has 0 bridgehead atoms. The molecule has 2 unspecified atom stereocenters. The molecule has 0 aliphatic heterocycles. The van der Waals surface area contributed by atoms with Crippen molar-refractivity contribution in [3.8, 4) is 0 Å². The highest BCUT2D eigenvalue weighted by atomic mass is 16.5. The quantitative estimate of drug-likeness (QED) is 0.590. The monoisotopic (exact) mass is 272 g/mol. The van der Waals surface area contributed by atoms with Crippen molar-refractivity contribution in [3.63, 3.8) is 0 Å². The summed E-state index contributed by atoms with van der Waals surface area (Å²) in [5.41, 5.74) is 0. The van der Waals surface area contributed by atoms with Crippen molar-refractivity contribution in [3.05, 3.63) is 0 Å². The van der Waals surface area contributed by atoms with Gasteiger partial charge in [0.15, 0.2) is 0 Å². The van der Waals surface area contributed by atoms with Crippen molar-refractivity contribution in [2.75, 3.05) is 26.8 Å². The van der Waals surface area contributed by atoms with E-state index in [2.05, 4.69) is 44.8 Å². The van der Waals surface area contributed by atoms with Gasteiger partial charge in [0.05, 0.1) is 6.61 Å². The van der Waals surface area contributed by atoms with Crippen LogP contribution in [0.1, 0.15) is 60.3 Å². The smallest absolute Gasteiger partial charge is 0.0589 e. The first kappa shape index (κ1) is 18.9. The molecule has 0 amide bonds. The molecule has 1 N–H and O–H groups in total. The summed E-state index contributed by atoms with van der Waals surface area (Å²) in [4.78, 5) is 2.64. The molecule has 3 nitrogen and oxygen atoms in total. The second kappa shape index (κ2) is 11.7. The molecule has 0 fully saturated rings. The Labute approximate surface area is 121 Å². The minimum absolute atomic E-state index is 0.566. The van der Waals surface area contributed by atoms with Crippen molar-refractivity contribution >= 4 is 0 Å². The van der Waals surface area contributed by atoms with Crippen molar-refractivity contribution in [2.24, 2.45) is 0 Å². The van der Waals surface area contributed by atoms with Gasteiger partial charge in [-0.2, -0.15) is 0 Å². The van der Waals surface area contributed by atoms with E-state index in [9.17, 15) is 0 Å². The number of hydrogen-bond donors (Lipinski definition) is 1. The zero-order chi connectivity index (χ0) is 14.7. The SMILES string of the molecule is CCCNC(CC)C(C)N(CCOC)C(CC)CC. The minimum Gasteiger partial charge on any atom is -0.383 e. The fourth-order valence-electron chi connectivity index (χ4n) is 2.89. The zero-order valence-corrected chi connectivity index (χ0v) is 14.0. The van der Waals surface area contributed by atoms with E-state index in [1.165, 1.54) is 25.7 Å². The molecular formula is C16H36N2O. The van der Waals surface area contributed by atoms with Crippen molar-refractivity contribution in [2.45, 2.75) is 78.4 Å². The zero-order valence-electron chi connectivity index (χ0n) is 14.0. The van der Waals surface area contributed by atoms with Crippen LogP contribution in [0.4, 0.5) is 0 Å². The molecule has 0 saturated heterocycles. The van der Waals surface area contributed by atoms with Gasteiger partial charge in [0.25, 0.3) is 0 Å². The van der Waals surface area contributed by atoms with E-state index in [1.807, 2.05) is 0 Å². The predicted molar refractivity (Wildman–Crippen MR) is 84.8 cm³/mol. The molecular weight excluding hydrogens is 236 g/mol. The molecule has 3 heteroatoms. The Balaban J connectivity index is 4.68. The molecule has 0 aromatic rings. The standard InChI is InChI=1S/C16H36N2O/c1-7-11-17-16(10-4)14(5)18(12-13-19-6)15(8-2)9-3/h14-17H,7-13H2,1-6H3. The summed E-state index contributed by atoms with van der Waals surface area (Å²) < 4.78 is 5.29. The van der Waals surface area contributed by atoms with Crippen LogP contribution in [0.3, 0.4) is 0 Å². The number of ether oxygens (including phenoxy) is 1. The molecule has 0 radical (unpaired) electrons. The predicted octanol–water partition coefficient (Wildman–Crippen LogP) is 3.29. The highest BCUT2D eigenvalue weighted by Gasteiger charge is 2.26. The normalized spacial score (nSPS) is 15.2. The number of rotatable bonds is 12. The van der Waals surface area contributed by atoms with Crippen LogP contribution in [-0.2, 0) is 4.74 Å². The van der Waals surface area contributed by atoms with Gasteiger partial charge in [0, 0.05) is 31.8 Å². The van der Waals surface area contributed by atoms with Gasteiger partial charge < -0.3 is 10.1 Å². The van der Waals surface area contributed by atoms with Gasteiger partial charge in [-0.05, 0) is 39.2 Å². The molecule has 0 spiro atoms. The maximum Gasteiger partial charge on any atom is 0.0589 e. The molecule has 0 aromatic heterocycles. The number of nitrogens with one attached hydrogen (secondary N) is 1. The van der Waals surface area contributed by atoms with Crippen LogP contribution < -0.4 is 5.32 Å². The largest absolute Gasteiger partial charge is 0.383 e. The number of hydrogen-bond acceptors (Lipinski definition) is 3. The Bertz CT molecular complexity index is 195. The van der Waals surface area contributed by atoms with E-state index >= 15 is 0 Å². The van der Waals surface area contributed by atoms with Crippen LogP contribution >= 0.6 is 0 Å². The third kappa shape index (κ3) is 6.73. The Hall–Kier alpha value is -0.120. The molecule has 116 valence electrons. The highest BCUT2D eigenvalue weighted by Crippen LogP contribution is 2.16. The van der Waals surface area contributed by atoms with Gasteiger partial charge in [-0.25, -0.2) is 0 Å². The van der Waals surface area contributed by atoms with E-state index in [0.29, 0.717) is 18.1 Å². The summed E-state index contributed by atoms with van der Waals surface area (Å²) in [5, 5.41) is 3.70. The molecule has 19 heavy (non-hydrogen) atoms. The van der Waals surface area contributed by atoms with Crippen molar-refractivity contribution in [1.29, 1.82) is 0 Å². The van der Waals surface area contributed by atoms with Gasteiger partial charge in [-0.1, -0.05) is 27.7 Å². The lowest BCUT2D eigenvalue weighted by molar-refractivity contribution is 0.0688. The van der Waals surface area contributed by atoms with Gasteiger partial charge >= 0.3 is 0 Å². The topological polar surface area (TPSA) is 24.5 Å². The van der Waals surface area contributed by atoms with E-state index in [4.69, 9.17) is 4.74 Å². The average molecular weight is 272 g/mol. The maximum absolute atomic E-state index is 5.29. The Morgan fingerprint density at radius 3 is 2.11 bits per heavy atom. The summed E-state index contributed by atoms with van der Waals surface area (Å²) in [6.45, 7) is 14.4. The second-order valence-corrected chi connectivity index (χ2v) is 5.41. The summed E-state index contributed by atoms with van der Waals surface area (Å²) in [7, 11) is 1.79. The molecule has 0 aliphatic rings. The van der Waals surface area contributed by atoms with Crippen LogP contribution in [0.2, 0.25) is 0 Å². The molecule has 2 atom stereocenters. The Kier molecular flexibility index (Phi) is 11.6. The maximum atomic E-state index is 5.29. The number of nitrogens with zero attached hydrogens (tertiary/aromatic N) is 1. The molecule has 0 heterocycles. The lowest BCUT2D eigenvalue weighted by Gasteiger charge is -2.39. The van der Waals surface area contributed by atoms with Crippen molar-refractivity contribution < 1.29 is 4.74 Å². The average Bonchev–Trinajstić information content (AvgIpc) is 2.44. The van der Waals surface area contributed by atoms with Crippen LogP contribution in [0.25, 0.3) is 0 Å². The van der Waals surface area contributed by atoms with Crippen LogP contribution in [0, 0.1) is 0 Å². The molecule has 0 aliphatic carbocycles. The minimum atomic E-state index is 0.566. The van der Waals surface area contributed by atoms with Gasteiger partial charge in [0.1, 0.15) is 0 Å². The Morgan fingerprint density at radius 2 is 1.68 bits per heavy atom. The summed E-state index contributed by atoms with van der Waals surface area (Å²) in [6.07, 6.45) is 4.82. The van der Waals surface area contributed by atoms with Gasteiger partial charge in [0.2, 0.25) is 0 Å². The van der Waals surface area contributed by atoms with E-state index in [-0.39, 0.29) is 0 Å². The summed E-state index contributed by atoms with van der Waals surface area (Å²) in [5.74, 6) is 0. The summed E-state index contributed by atoms with van der Waals surface area (Å²) in [6, 6.07) is 1.82. The van der Waals surface area contributed by atoms with Crippen molar-refractivity contribution in [1.82, 2.24) is 10.2 Å². The second-order valence-electron chi connectivity index (χ2n) is 5.41. The molecule has 0 aromatic carbocycles. The lowest BCUT2D eigenvalue weighted by Crippen LogP contribution is -2.53. The van der Waals surface area contributed by atoms with Crippen LogP contribution in [-0.4, -0.2) is 49.8 Å². The van der Waals surface area contributed by atoms with E-state index in [0.717, 1.165) is 19.7 Å². The Morgan fingerprint density at radius 1 is 1.05 bits per heavy atom. The third-order valence-corrected chi connectivity index (χ3v) is 4.17. The highest BCUT2D eigenvalue weighted by molar-refractivity contribution is 4.84. The molecule has 0 rings (SSSR count). The fraction of sp³-hybridized carbons (Fsp3) is 1.00. The first-order valence-corrected chi connectivity index (χ1v) is 8.14. The lowest BCUT2D eigenvalue weighted by atomic mass is 10.0. The van der Waals surface area contributed by atoms with Gasteiger partial charge in [-0.15, -0.1) is 0 Å². The first-order chi connectivity index (χ1) is 9.15. The van der Waals surface area contributed by atoms with Gasteiger partial charge in [-0.3, -0.25) is 4.90 Å². The fourth-order valence-corrected chi connectivity index (χ4v) is 2.89. The first-order valence-electron chi connectivity index (χ1n) is 8.14. The van der Waals surface area contributed by atoms with Crippen LogP contribution in [0.5, 0.6) is 0 Å². The molecule has 0 saturated carbocycles. The number of methoxy groups -OCH3 is 1. The van der Waals surface area contributed by atoms with Crippen LogP contribution in [0.15, 0.2) is 0 Å².